The topological polar surface area (TPSA) is 76.1 Å². The second-order valence-corrected chi connectivity index (χ2v) is 10.2. The van der Waals surface area contributed by atoms with Gasteiger partial charge in [-0.2, -0.15) is 0 Å². The molecule has 0 aromatic heterocycles. The monoisotopic (exact) mass is 421 g/mol. The Morgan fingerprint density at radius 2 is 1.83 bits per heavy atom. The molecule has 170 valence electrons. The molecule has 6 nitrogen and oxygen atoms in total. The van der Waals surface area contributed by atoms with Crippen LogP contribution in [-0.2, 0) is 19.1 Å². The first-order valence-electron chi connectivity index (χ1n) is 11.2. The van der Waals surface area contributed by atoms with Crippen molar-refractivity contribution in [2.24, 2.45) is 10.8 Å². The maximum atomic E-state index is 13.5. The highest BCUT2D eigenvalue weighted by Crippen LogP contribution is 2.56. The quantitative estimate of drug-likeness (QED) is 0.386. The van der Waals surface area contributed by atoms with E-state index in [0.717, 1.165) is 12.8 Å². The van der Waals surface area contributed by atoms with Crippen LogP contribution in [0.3, 0.4) is 0 Å². The fraction of sp³-hybridized carbons (Fsp3) is 0.833. The lowest BCUT2D eigenvalue weighted by Crippen LogP contribution is -2.66. The van der Waals surface area contributed by atoms with E-state index in [4.69, 9.17) is 9.47 Å². The second kappa shape index (κ2) is 8.88. The number of hydrogen-bond donors (Lipinski definition) is 1. The van der Waals surface area contributed by atoms with Gasteiger partial charge >= 0.3 is 5.97 Å². The first kappa shape index (κ1) is 24.7. The van der Waals surface area contributed by atoms with Gasteiger partial charge in [0.15, 0.2) is 5.60 Å². The van der Waals surface area contributed by atoms with Crippen LogP contribution in [0.25, 0.3) is 0 Å². The number of amides is 1. The third kappa shape index (κ3) is 3.76. The van der Waals surface area contributed by atoms with E-state index in [9.17, 15) is 14.7 Å². The number of fused-ring (bicyclic) bond motifs is 1. The van der Waals surface area contributed by atoms with Gasteiger partial charge in [0.1, 0.15) is 6.23 Å². The van der Waals surface area contributed by atoms with Crippen molar-refractivity contribution >= 4 is 11.9 Å². The van der Waals surface area contributed by atoms with E-state index in [1.165, 1.54) is 37.7 Å². The van der Waals surface area contributed by atoms with Crippen molar-refractivity contribution in [1.29, 1.82) is 0 Å². The minimum atomic E-state index is -1.91. The number of nitrogens with zero attached hydrogens (tertiary/aromatic N) is 1. The molecule has 0 bridgehead atoms. The van der Waals surface area contributed by atoms with E-state index in [2.05, 4.69) is 18.8 Å². The minimum Gasteiger partial charge on any atom is -0.467 e. The summed E-state index contributed by atoms with van der Waals surface area (Å²) >= 11 is 0. The number of carbonyl (C=O) groups excluding carboxylic acids is 2. The van der Waals surface area contributed by atoms with Crippen molar-refractivity contribution in [1.82, 2.24) is 4.90 Å². The zero-order valence-corrected chi connectivity index (χ0v) is 19.8. The molecule has 0 spiro atoms. The van der Waals surface area contributed by atoms with Crippen molar-refractivity contribution in [3.63, 3.8) is 0 Å². The van der Waals surface area contributed by atoms with Gasteiger partial charge < -0.3 is 14.6 Å². The molecule has 0 aliphatic carbocycles. The van der Waals surface area contributed by atoms with Gasteiger partial charge in [-0.1, -0.05) is 65.7 Å². The number of hydrogen-bond acceptors (Lipinski definition) is 5. The second-order valence-electron chi connectivity index (χ2n) is 10.2. The van der Waals surface area contributed by atoms with Crippen LogP contribution in [0.2, 0.25) is 0 Å². The molecule has 2 heterocycles. The molecule has 2 fully saturated rings. The smallest absolute Gasteiger partial charge is 0.338 e. The average molecular weight is 422 g/mol. The first-order chi connectivity index (χ1) is 13.9. The zero-order chi connectivity index (χ0) is 22.8. The lowest BCUT2D eigenvalue weighted by Gasteiger charge is -2.40. The molecule has 30 heavy (non-hydrogen) atoms. The molecule has 3 atom stereocenters. The summed E-state index contributed by atoms with van der Waals surface area (Å²) in [6, 6.07) is 0. The Morgan fingerprint density at radius 1 is 1.23 bits per heavy atom. The Bertz CT molecular complexity index is 713. The summed E-state index contributed by atoms with van der Waals surface area (Å²) in [4.78, 5) is 27.9. The van der Waals surface area contributed by atoms with Crippen molar-refractivity contribution in [3.05, 3.63) is 0 Å². The van der Waals surface area contributed by atoms with Crippen molar-refractivity contribution in [3.8, 4) is 11.8 Å². The molecule has 6 heteroatoms. The molecule has 0 aromatic carbocycles. The number of esters is 1. The molecular weight excluding hydrogens is 382 g/mol. The Balaban J connectivity index is 2.36. The Labute approximate surface area is 181 Å². The largest absolute Gasteiger partial charge is 0.467 e. The van der Waals surface area contributed by atoms with Gasteiger partial charge in [-0.25, -0.2) is 4.79 Å². The highest BCUT2D eigenvalue weighted by atomic mass is 16.6. The molecule has 2 saturated heterocycles. The van der Waals surface area contributed by atoms with Gasteiger partial charge in [0, 0.05) is 11.8 Å². The summed E-state index contributed by atoms with van der Waals surface area (Å²) in [7, 11) is 1.26. The molecule has 1 N–H and O–H groups in total. The standard InChI is InChI=1S/C24H39NO5/c1-8-9-10-11-12-13-14-15-16-24(28)22(5,6)18(26)25-19(21(2,3)4)30-17-23(24,25)20(27)29-7/h19,28H,8-14,17H2,1-7H3/t19-,23+,24+/m1/s1. The molecule has 2 rings (SSSR count). The van der Waals surface area contributed by atoms with Gasteiger partial charge in [0.05, 0.1) is 19.1 Å². The SMILES string of the molecule is CCCCCCCCC#C[C@]1(O)C(C)(C)C(=O)N2[C@@H](C(C)(C)C)OC[C@@]21C(=O)OC. The average Bonchev–Trinajstić information content (AvgIpc) is 3.14. The number of ether oxygens (including phenoxy) is 2. The molecule has 0 aromatic rings. The Kier molecular flexibility index (Phi) is 7.31. The molecule has 2 aliphatic rings. The summed E-state index contributed by atoms with van der Waals surface area (Å²) in [5, 5.41) is 11.9. The van der Waals surface area contributed by atoms with Crippen LogP contribution < -0.4 is 0 Å². The molecule has 0 saturated carbocycles. The van der Waals surface area contributed by atoms with Crippen LogP contribution in [-0.4, -0.2) is 53.0 Å². The van der Waals surface area contributed by atoms with E-state index < -0.39 is 34.2 Å². The summed E-state index contributed by atoms with van der Waals surface area (Å²) in [6.45, 7) is 11.2. The predicted molar refractivity (Wildman–Crippen MR) is 115 cm³/mol. The highest BCUT2D eigenvalue weighted by molar-refractivity contribution is 6.00. The Morgan fingerprint density at radius 3 is 2.40 bits per heavy atom. The van der Waals surface area contributed by atoms with E-state index in [1.54, 1.807) is 13.8 Å². The third-order valence-corrected chi connectivity index (χ3v) is 6.54. The molecule has 0 radical (unpaired) electrons. The number of carbonyl (C=O) groups is 2. The normalized spacial score (nSPS) is 30.1. The van der Waals surface area contributed by atoms with Crippen LogP contribution in [0.1, 0.15) is 86.5 Å². The van der Waals surface area contributed by atoms with Crippen LogP contribution >= 0.6 is 0 Å². The summed E-state index contributed by atoms with van der Waals surface area (Å²) in [6.07, 6.45) is 6.81. The molecule has 2 aliphatic heterocycles. The molecular formula is C24H39NO5. The number of unbranched alkanes of at least 4 members (excludes halogenated alkanes) is 6. The minimum absolute atomic E-state index is 0.140. The maximum Gasteiger partial charge on any atom is 0.338 e. The lowest BCUT2D eigenvalue weighted by atomic mass is 9.68. The van der Waals surface area contributed by atoms with Crippen LogP contribution in [0.15, 0.2) is 0 Å². The number of methoxy groups -OCH3 is 1. The fourth-order valence-electron chi connectivity index (χ4n) is 4.63. The van der Waals surface area contributed by atoms with Crippen molar-refractivity contribution < 1.29 is 24.2 Å². The van der Waals surface area contributed by atoms with Crippen molar-refractivity contribution in [2.45, 2.75) is 104 Å². The number of rotatable bonds is 7. The summed E-state index contributed by atoms with van der Waals surface area (Å²) in [5.41, 5.74) is -5.30. The van der Waals surface area contributed by atoms with Crippen LogP contribution in [0, 0.1) is 22.7 Å². The van der Waals surface area contributed by atoms with Crippen molar-refractivity contribution in [2.75, 3.05) is 13.7 Å². The van der Waals surface area contributed by atoms with Gasteiger partial charge in [0.2, 0.25) is 11.4 Å². The van der Waals surface area contributed by atoms with Crippen LogP contribution in [0.5, 0.6) is 0 Å². The first-order valence-corrected chi connectivity index (χ1v) is 11.2. The molecule has 0 unspecified atom stereocenters. The predicted octanol–water partition coefficient (Wildman–Crippen LogP) is 3.65. The van der Waals surface area contributed by atoms with E-state index >= 15 is 0 Å². The van der Waals surface area contributed by atoms with E-state index in [1.807, 2.05) is 20.8 Å². The van der Waals surface area contributed by atoms with Crippen LogP contribution in [0.4, 0.5) is 0 Å². The third-order valence-electron chi connectivity index (χ3n) is 6.54. The highest BCUT2D eigenvalue weighted by Gasteiger charge is 2.80. The van der Waals surface area contributed by atoms with E-state index in [-0.39, 0.29) is 12.5 Å². The number of aliphatic hydroxyl groups is 1. The van der Waals surface area contributed by atoms with E-state index in [0.29, 0.717) is 6.42 Å². The lowest BCUT2D eigenvalue weighted by molar-refractivity contribution is -0.165. The van der Waals surface area contributed by atoms with Gasteiger partial charge in [0.25, 0.3) is 0 Å². The van der Waals surface area contributed by atoms with Gasteiger partial charge in [-0.05, 0) is 20.3 Å². The van der Waals surface area contributed by atoms with Gasteiger partial charge in [-0.3, -0.25) is 9.69 Å². The molecule has 1 amide bonds. The zero-order valence-electron chi connectivity index (χ0n) is 19.8. The summed E-state index contributed by atoms with van der Waals surface area (Å²) < 4.78 is 11.0. The van der Waals surface area contributed by atoms with Gasteiger partial charge in [-0.15, -0.1) is 5.92 Å². The Hall–Kier alpha value is -1.58. The maximum absolute atomic E-state index is 13.5. The fourth-order valence-corrected chi connectivity index (χ4v) is 4.63. The summed E-state index contributed by atoms with van der Waals surface area (Å²) in [5.74, 6) is 4.97.